The van der Waals surface area contributed by atoms with Crippen LogP contribution in [0.5, 0.6) is 6.01 Å². The molecule has 0 saturated heterocycles. The number of aromatic nitrogens is 7. The van der Waals surface area contributed by atoms with Crippen molar-refractivity contribution < 1.29 is 4.74 Å². The Labute approximate surface area is 135 Å². The van der Waals surface area contributed by atoms with Crippen LogP contribution in [0.25, 0.3) is 17.0 Å². The Kier molecular flexibility index (Phi) is 3.27. The first-order valence-electron chi connectivity index (χ1n) is 6.96. The third-order valence-electron chi connectivity index (χ3n) is 3.34. The Balaban J connectivity index is 1.77. The molecule has 0 saturated carbocycles. The zero-order chi connectivity index (χ0) is 15.8. The molecule has 0 spiro atoms. The lowest BCUT2D eigenvalue weighted by Gasteiger charge is -2.07. The third kappa shape index (κ3) is 2.44. The van der Waals surface area contributed by atoms with Gasteiger partial charge >= 0.3 is 6.01 Å². The van der Waals surface area contributed by atoms with Gasteiger partial charge in [0, 0.05) is 12.4 Å². The Hall–Kier alpha value is -2.81. The van der Waals surface area contributed by atoms with Gasteiger partial charge in [0.15, 0.2) is 0 Å². The van der Waals surface area contributed by atoms with Gasteiger partial charge in [-0.3, -0.25) is 0 Å². The molecule has 23 heavy (non-hydrogen) atoms. The molecule has 8 nitrogen and oxygen atoms in total. The van der Waals surface area contributed by atoms with Crippen LogP contribution in [0, 0.1) is 6.92 Å². The second-order valence-corrected chi connectivity index (χ2v) is 6.03. The number of rotatable bonds is 4. The van der Waals surface area contributed by atoms with E-state index >= 15 is 0 Å². The lowest BCUT2D eigenvalue weighted by atomic mass is 10.3. The van der Waals surface area contributed by atoms with E-state index in [0.29, 0.717) is 18.6 Å². The van der Waals surface area contributed by atoms with Crippen LogP contribution in [-0.4, -0.2) is 34.7 Å². The fourth-order valence-electron chi connectivity index (χ4n) is 2.32. The average molecular weight is 327 g/mol. The van der Waals surface area contributed by atoms with E-state index in [1.165, 1.54) is 0 Å². The Morgan fingerprint density at radius 3 is 2.83 bits per heavy atom. The average Bonchev–Trinajstić information content (AvgIpc) is 3.23. The van der Waals surface area contributed by atoms with Gasteiger partial charge in [0.1, 0.15) is 6.61 Å². The van der Waals surface area contributed by atoms with Crippen molar-refractivity contribution in [1.82, 2.24) is 34.7 Å². The topological polar surface area (TPSA) is 83.5 Å². The largest absolute Gasteiger partial charge is 0.458 e. The summed E-state index contributed by atoms with van der Waals surface area (Å²) in [4.78, 5) is 8.94. The number of hydrogen-bond acceptors (Lipinski definition) is 7. The number of benzene rings is 1. The van der Waals surface area contributed by atoms with Crippen molar-refractivity contribution in [3.63, 3.8) is 0 Å². The summed E-state index contributed by atoms with van der Waals surface area (Å²) in [5, 5.41) is 14.6. The normalized spacial score (nSPS) is 11.2. The number of tetrazole rings is 1. The molecule has 9 heteroatoms. The van der Waals surface area contributed by atoms with E-state index in [1.807, 2.05) is 36.6 Å². The maximum Gasteiger partial charge on any atom is 0.305 e. The minimum atomic E-state index is 0.346. The second kappa shape index (κ2) is 5.43. The molecule has 3 heterocycles. The first kappa shape index (κ1) is 13.8. The lowest BCUT2D eigenvalue weighted by molar-refractivity contribution is 0.272. The summed E-state index contributed by atoms with van der Waals surface area (Å²) in [6.45, 7) is 2.31. The van der Waals surface area contributed by atoms with Crippen LogP contribution in [0.4, 0.5) is 0 Å². The maximum absolute atomic E-state index is 5.89. The monoisotopic (exact) mass is 327 g/mol. The highest BCUT2D eigenvalue weighted by Crippen LogP contribution is 2.25. The van der Waals surface area contributed by atoms with Crippen LogP contribution in [0.3, 0.4) is 0 Å². The molecular formula is C14H13N7OS. The van der Waals surface area contributed by atoms with E-state index in [1.54, 1.807) is 27.6 Å². The SMILES string of the molecule is Cc1nc(COc2nc3ccccc3n2-c2nnnn2C)cs1. The first-order valence-corrected chi connectivity index (χ1v) is 7.84. The summed E-state index contributed by atoms with van der Waals surface area (Å²) in [6.07, 6.45) is 0. The number of fused-ring (bicyclic) bond motifs is 1. The molecule has 0 aliphatic rings. The van der Waals surface area contributed by atoms with E-state index < -0.39 is 0 Å². The molecule has 0 radical (unpaired) electrons. The zero-order valence-electron chi connectivity index (χ0n) is 12.5. The van der Waals surface area contributed by atoms with Gasteiger partial charge in [0.05, 0.1) is 21.7 Å². The van der Waals surface area contributed by atoms with Crippen molar-refractivity contribution >= 4 is 22.4 Å². The van der Waals surface area contributed by atoms with E-state index in [0.717, 1.165) is 21.7 Å². The number of aryl methyl sites for hydroxylation is 2. The van der Waals surface area contributed by atoms with Gasteiger partial charge in [0.2, 0.25) is 0 Å². The van der Waals surface area contributed by atoms with Gasteiger partial charge in [-0.25, -0.2) is 14.2 Å². The Morgan fingerprint density at radius 2 is 2.09 bits per heavy atom. The molecule has 0 unspecified atom stereocenters. The van der Waals surface area contributed by atoms with Crippen LogP contribution in [-0.2, 0) is 13.7 Å². The molecule has 116 valence electrons. The Morgan fingerprint density at radius 1 is 1.22 bits per heavy atom. The highest BCUT2D eigenvalue weighted by molar-refractivity contribution is 7.09. The molecular weight excluding hydrogens is 314 g/mol. The number of nitrogens with zero attached hydrogens (tertiary/aromatic N) is 7. The molecule has 0 bridgehead atoms. The number of imidazole rings is 1. The maximum atomic E-state index is 5.89. The van der Waals surface area contributed by atoms with Gasteiger partial charge in [0.25, 0.3) is 5.95 Å². The van der Waals surface area contributed by atoms with E-state index in [2.05, 4.69) is 25.5 Å². The van der Waals surface area contributed by atoms with Crippen LogP contribution >= 0.6 is 11.3 Å². The van der Waals surface area contributed by atoms with Crippen molar-refractivity contribution in [3.8, 4) is 12.0 Å². The summed E-state index contributed by atoms with van der Waals surface area (Å²) < 4.78 is 9.26. The summed E-state index contributed by atoms with van der Waals surface area (Å²) in [7, 11) is 1.78. The highest BCUT2D eigenvalue weighted by Gasteiger charge is 2.18. The van der Waals surface area contributed by atoms with Gasteiger partial charge in [-0.15, -0.1) is 11.3 Å². The van der Waals surface area contributed by atoms with Crippen molar-refractivity contribution in [1.29, 1.82) is 0 Å². The standard InChI is InChI=1S/C14H13N7OS/c1-9-15-10(8-23-9)7-22-14-16-11-5-3-4-6-12(11)21(14)13-17-18-19-20(13)2/h3-6,8H,7H2,1-2H3. The van der Waals surface area contributed by atoms with Crippen LogP contribution in [0.15, 0.2) is 29.6 Å². The van der Waals surface area contributed by atoms with E-state index in [4.69, 9.17) is 4.74 Å². The molecule has 3 aromatic heterocycles. The van der Waals surface area contributed by atoms with Crippen LogP contribution in [0.2, 0.25) is 0 Å². The molecule has 0 atom stereocenters. The fourth-order valence-corrected chi connectivity index (χ4v) is 2.92. The minimum absolute atomic E-state index is 0.346. The molecule has 0 amide bonds. The zero-order valence-corrected chi connectivity index (χ0v) is 13.4. The van der Waals surface area contributed by atoms with Crippen LogP contribution < -0.4 is 4.74 Å². The highest BCUT2D eigenvalue weighted by atomic mass is 32.1. The van der Waals surface area contributed by atoms with Gasteiger partial charge in [-0.1, -0.05) is 17.2 Å². The molecule has 0 aliphatic carbocycles. The third-order valence-corrected chi connectivity index (χ3v) is 4.17. The number of hydrogen-bond donors (Lipinski definition) is 0. The molecule has 4 aromatic rings. The van der Waals surface area contributed by atoms with Crippen molar-refractivity contribution in [2.45, 2.75) is 13.5 Å². The van der Waals surface area contributed by atoms with E-state index in [9.17, 15) is 0 Å². The van der Waals surface area contributed by atoms with Crippen molar-refractivity contribution in [2.24, 2.45) is 7.05 Å². The fraction of sp³-hybridized carbons (Fsp3) is 0.214. The van der Waals surface area contributed by atoms with Crippen molar-refractivity contribution in [2.75, 3.05) is 0 Å². The second-order valence-electron chi connectivity index (χ2n) is 4.97. The first-order chi connectivity index (χ1) is 11.2. The summed E-state index contributed by atoms with van der Waals surface area (Å²) in [6, 6.07) is 8.20. The quantitative estimate of drug-likeness (QED) is 0.569. The molecule has 0 fully saturated rings. The number of thiazole rings is 1. The minimum Gasteiger partial charge on any atom is -0.458 e. The molecule has 1 aromatic carbocycles. The van der Waals surface area contributed by atoms with Crippen molar-refractivity contribution in [3.05, 3.63) is 40.3 Å². The van der Waals surface area contributed by atoms with Crippen LogP contribution in [0.1, 0.15) is 10.7 Å². The molecule has 4 rings (SSSR count). The summed E-state index contributed by atoms with van der Waals surface area (Å²) in [5.74, 6) is 0.545. The smallest absolute Gasteiger partial charge is 0.305 e. The summed E-state index contributed by atoms with van der Waals surface area (Å²) in [5.41, 5.74) is 2.58. The lowest BCUT2D eigenvalue weighted by Crippen LogP contribution is -2.08. The van der Waals surface area contributed by atoms with Gasteiger partial charge in [-0.05, 0) is 29.5 Å². The summed E-state index contributed by atoms with van der Waals surface area (Å²) >= 11 is 1.59. The Bertz CT molecular complexity index is 970. The van der Waals surface area contributed by atoms with Gasteiger partial charge < -0.3 is 4.74 Å². The van der Waals surface area contributed by atoms with E-state index in [-0.39, 0.29) is 0 Å². The number of ether oxygens (including phenoxy) is 1. The number of para-hydroxylation sites is 2. The van der Waals surface area contributed by atoms with Gasteiger partial charge in [-0.2, -0.15) is 4.98 Å². The predicted octanol–water partition coefficient (Wildman–Crippen LogP) is 1.89. The predicted molar refractivity (Wildman–Crippen MR) is 84.6 cm³/mol. The molecule has 0 N–H and O–H groups in total. The molecule has 0 aliphatic heterocycles.